The molecule has 1 saturated carbocycles. The van der Waals surface area contributed by atoms with Gasteiger partial charge in [0.2, 0.25) is 0 Å². The van der Waals surface area contributed by atoms with Crippen LogP contribution in [0.25, 0.3) is 0 Å². The molecule has 4 bridgehead atoms. The van der Waals surface area contributed by atoms with Gasteiger partial charge in [-0.15, -0.1) is 0 Å². The number of rotatable bonds is 10. The average Bonchev–Trinajstić information content (AvgIpc) is 3.43. The Labute approximate surface area is 324 Å². The fourth-order valence-electron chi connectivity index (χ4n) is 11.8. The van der Waals surface area contributed by atoms with Crippen molar-refractivity contribution >= 4 is 8.32 Å². The van der Waals surface area contributed by atoms with Gasteiger partial charge in [0, 0.05) is 18.0 Å². The number of methoxy groups -OCH3 is 1. The van der Waals surface area contributed by atoms with Crippen LogP contribution in [0.3, 0.4) is 0 Å². The van der Waals surface area contributed by atoms with Gasteiger partial charge in [0.25, 0.3) is 0 Å². The molecule has 0 aromatic heterocycles. The minimum absolute atomic E-state index is 0.152. The molecule has 0 amide bonds. The zero-order valence-electron chi connectivity index (χ0n) is 34.0. The summed E-state index contributed by atoms with van der Waals surface area (Å²) in [6.45, 7) is 12.3. The Balaban J connectivity index is 1.55. The number of allylic oxidation sites excluding steroid dienone is 5. The van der Waals surface area contributed by atoms with Crippen LogP contribution in [-0.4, -0.2) is 86.9 Å². The zero-order chi connectivity index (χ0) is 37.2. The number of nitrogens with zero attached hydrogens (tertiary/aromatic N) is 2. The Bertz CT molecular complexity index is 1340. The molecular weight excluding hydrogens is 673 g/mol. The fourth-order valence-corrected chi connectivity index (χ4v) is 14.6. The number of hydrogen-bond donors (Lipinski definition) is 1. The highest BCUT2D eigenvalue weighted by molar-refractivity contribution is 6.73. The number of hydrogen-bond acceptors (Lipinski definition) is 6. The fraction of sp³-hybridized carbons (Fsp3) is 0.739. The van der Waals surface area contributed by atoms with E-state index in [4.69, 9.17) is 13.9 Å². The first-order valence-electron chi connectivity index (χ1n) is 22.0. The van der Waals surface area contributed by atoms with Crippen LogP contribution in [0.15, 0.2) is 60.7 Å². The molecule has 0 unspecified atom stereocenters. The van der Waals surface area contributed by atoms with Crippen LogP contribution in [0.4, 0.5) is 0 Å². The number of ether oxygens (including phenoxy) is 2. The molecule has 296 valence electrons. The molecule has 6 rings (SSSR count). The Kier molecular flexibility index (Phi) is 15.0. The summed E-state index contributed by atoms with van der Waals surface area (Å²) in [5, 5.41) is 11.9. The van der Waals surface area contributed by atoms with Crippen molar-refractivity contribution < 1.29 is 19.0 Å². The maximum absolute atomic E-state index is 11.9. The van der Waals surface area contributed by atoms with Crippen LogP contribution in [0.2, 0.25) is 18.1 Å². The predicted octanol–water partition coefficient (Wildman–Crippen LogP) is 10.1. The third-order valence-electron chi connectivity index (χ3n) is 14.6. The second-order valence-corrected chi connectivity index (χ2v) is 22.0. The van der Waals surface area contributed by atoms with E-state index in [-0.39, 0.29) is 35.8 Å². The third kappa shape index (κ3) is 8.81. The highest BCUT2D eigenvalue weighted by Gasteiger charge is 2.73. The molecule has 5 aliphatic rings. The molecular formula is C46H74N2O4Si. The molecule has 3 saturated heterocycles. The predicted molar refractivity (Wildman–Crippen MR) is 222 cm³/mol. The Morgan fingerprint density at radius 3 is 2.28 bits per heavy atom. The normalized spacial score (nSPS) is 35.5. The molecule has 7 atom stereocenters. The molecule has 1 aliphatic carbocycles. The lowest BCUT2D eigenvalue weighted by Crippen LogP contribution is -2.79. The van der Waals surface area contributed by atoms with Gasteiger partial charge in [-0.05, 0) is 112 Å². The van der Waals surface area contributed by atoms with Crippen LogP contribution in [0.1, 0.15) is 116 Å². The Morgan fingerprint density at radius 2 is 1.57 bits per heavy atom. The summed E-state index contributed by atoms with van der Waals surface area (Å²) in [7, 11) is -0.335. The van der Waals surface area contributed by atoms with E-state index in [1.165, 1.54) is 63.4 Å². The van der Waals surface area contributed by atoms with E-state index in [0.717, 1.165) is 82.2 Å². The van der Waals surface area contributed by atoms with Gasteiger partial charge in [0.1, 0.15) is 11.9 Å². The third-order valence-corrected chi connectivity index (χ3v) is 19.2. The highest BCUT2D eigenvalue weighted by atomic mass is 28.4. The summed E-state index contributed by atoms with van der Waals surface area (Å²) in [5.74, 6) is 1.95. The van der Waals surface area contributed by atoms with Crippen molar-refractivity contribution in [3.8, 4) is 5.75 Å². The second-order valence-electron chi connectivity index (χ2n) is 17.3. The van der Waals surface area contributed by atoms with E-state index in [2.05, 4.69) is 91.3 Å². The van der Waals surface area contributed by atoms with Crippen molar-refractivity contribution in [2.24, 2.45) is 17.3 Å². The van der Waals surface area contributed by atoms with Gasteiger partial charge in [-0.25, -0.2) is 0 Å². The van der Waals surface area contributed by atoms with E-state index < -0.39 is 8.32 Å². The van der Waals surface area contributed by atoms with E-state index in [1.807, 2.05) is 0 Å². The topological polar surface area (TPSA) is 54.4 Å². The molecule has 1 spiro atoms. The zero-order valence-corrected chi connectivity index (χ0v) is 35.0. The molecule has 4 fully saturated rings. The van der Waals surface area contributed by atoms with E-state index in [9.17, 15) is 5.11 Å². The van der Waals surface area contributed by atoms with Gasteiger partial charge in [0.05, 0.1) is 32.0 Å². The first-order chi connectivity index (χ1) is 26.0. The molecule has 6 nitrogen and oxygen atoms in total. The van der Waals surface area contributed by atoms with Crippen molar-refractivity contribution in [2.45, 2.75) is 159 Å². The largest absolute Gasteiger partial charge is 0.497 e. The SMILES string of the molecule is CC[Si](CC)(CC)O[C@H]1/C=C/C=C\C/C=C\CCCN2C[C@@H]3C[C@]4(CO)CCCCCCCCCCN5CC[C@H]3[C@@]2([C@@H]1OCc1ccc(OC)cc1)[C@@H]54. The summed E-state index contributed by atoms with van der Waals surface area (Å²) in [6, 6.07) is 12.0. The molecule has 4 aliphatic heterocycles. The minimum atomic E-state index is -2.07. The molecule has 0 radical (unpaired) electrons. The van der Waals surface area contributed by atoms with Gasteiger partial charge in [-0.1, -0.05) is 114 Å². The molecule has 4 heterocycles. The maximum atomic E-state index is 11.9. The van der Waals surface area contributed by atoms with E-state index in [0.29, 0.717) is 18.4 Å². The monoisotopic (exact) mass is 747 g/mol. The van der Waals surface area contributed by atoms with Gasteiger partial charge < -0.3 is 19.0 Å². The first-order valence-corrected chi connectivity index (χ1v) is 24.5. The van der Waals surface area contributed by atoms with Gasteiger partial charge >= 0.3 is 0 Å². The smallest absolute Gasteiger partial charge is 0.193 e. The van der Waals surface area contributed by atoms with Crippen LogP contribution in [0, 0.1) is 17.3 Å². The molecule has 7 heteroatoms. The molecule has 1 N–H and O–H groups in total. The maximum Gasteiger partial charge on any atom is 0.193 e. The van der Waals surface area contributed by atoms with Gasteiger partial charge in [-0.3, -0.25) is 9.80 Å². The second kappa shape index (κ2) is 19.4. The Hall–Kier alpha value is -1.74. The average molecular weight is 747 g/mol. The van der Waals surface area contributed by atoms with E-state index in [1.54, 1.807) is 7.11 Å². The van der Waals surface area contributed by atoms with Crippen molar-refractivity contribution in [3.63, 3.8) is 0 Å². The van der Waals surface area contributed by atoms with Crippen molar-refractivity contribution in [1.29, 1.82) is 0 Å². The lowest BCUT2D eigenvalue weighted by molar-refractivity contribution is -0.214. The molecule has 1 aromatic rings. The lowest BCUT2D eigenvalue weighted by atomic mass is 9.50. The number of aliphatic hydroxyl groups excluding tert-OH is 1. The number of aliphatic hydroxyl groups is 1. The quantitative estimate of drug-likeness (QED) is 0.190. The van der Waals surface area contributed by atoms with Crippen molar-refractivity contribution in [1.82, 2.24) is 9.80 Å². The standard InChI is InChI=1S/C46H74N2O4Si/c1-5-53(6-2,7-3)52-42-24-20-16-12-8-10-15-19-23-32-48-35-39-34-45(37-49)30-21-17-13-9-11-14-18-22-31-47-33-29-41(39)46(48,44(45)47)43(42)51-36-38-25-27-40(50-4)28-26-38/h10,12,15-16,20,24-28,39,41-44,49H,5-9,11,13-14,17-19,21-23,29-37H2,1-4H3/b15-10-,16-12-,24-20+/t39-,41+,42-,43+,44-,45-,46+/m0/s1. The summed E-state index contributed by atoms with van der Waals surface area (Å²) in [4.78, 5) is 5.87. The number of piperidine rings is 1. The van der Waals surface area contributed by atoms with Crippen LogP contribution in [-0.2, 0) is 15.8 Å². The summed E-state index contributed by atoms with van der Waals surface area (Å²) in [5.41, 5.74) is 0.754. The van der Waals surface area contributed by atoms with Crippen molar-refractivity contribution in [2.75, 3.05) is 39.9 Å². The van der Waals surface area contributed by atoms with Crippen LogP contribution < -0.4 is 4.74 Å². The van der Waals surface area contributed by atoms with Gasteiger partial charge in [-0.2, -0.15) is 0 Å². The molecule has 53 heavy (non-hydrogen) atoms. The lowest BCUT2D eigenvalue weighted by Gasteiger charge is -2.67. The minimum Gasteiger partial charge on any atom is -0.497 e. The Morgan fingerprint density at radius 1 is 0.830 bits per heavy atom. The van der Waals surface area contributed by atoms with Crippen molar-refractivity contribution in [3.05, 3.63) is 66.3 Å². The summed E-state index contributed by atoms with van der Waals surface area (Å²) < 4.78 is 21.0. The first kappa shape index (κ1) is 40.9. The summed E-state index contributed by atoms with van der Waals surface area (Å²) >= 11 is 0. The van der Waals surface area contributed by atoms with Crippen LogP contribution in [0.5, 0.6) is 5.75 Å². The van der Waals surface area contributed by atoms with Crippen LogP contribution >= 0.6 is 0 Å². The number of benzene rings is 1. The molecule has 1 aromatic carbocycles. The summed E-state index contributed by atoms with van der Waals surface area (Å²) in [6.07, 6.45) is 30.7. The highest BCUT2D eigenvalue weighted by Crippen LogP contribution is 2.64. The van der Waals surface area contributed by atoms with E-state index >= 15 is 0 Å². The van der Waals surface area contributed by atoms with Gasteiger partial charge in [0.15, 0.2) is 8.32 Å².